The summed E-state index contributed by atoms with van der Waals surface area (Å²) >= 11 is 0. The average Bonchev–Trinajstić information content (AvgIpc) is 2.41. The van der Waals surface area contributed by atoms with Gasteiger partial charge in [0, 0.05) is 6.54 Å². The fraction of sp³-hybridized carbons (Fsp3) is 0.462. The molecule has 0 aliphatic carbocycles. The molecule has 7 heteroatoms. The van der Waals surface area contributed by atoms with Gasteiger partial charge < -0.3 is 5.32 Å². The molecule has 0 atom stereocenters. The van der Waals surface area contributed by atoms with Crippen molar-refractivity contribution < 1.29 is 18.5 Å². The molecular weight excluding hydrogens is 270 g/mol. The first kappa shape index (κ1) is 16.0. The molecule has 0 bridgehead atoms. The summed E-state index contributed by atoms with van der Waals surface area (Å²) in [6, 6.07) is 0.969. The van der Waals surface area contributed by atoms with E-state index in [1.807, 2.05) is 13.8 Å². The molecule has 1 aromatic carbocycles. The SMILES string of the molecule is CCC(CC)CNC(=O)c1cc(F)c([N+](=O)[O-])cc1F. The predicted octanol–water partition coefficient (Wildman–Crippen LogP) is 3.04. The molecule has 0 heterocycles. The van der Waals surface area contributed by atoms with Crippen LogP contribution >= 0.6 is 0 Å². The maximum absolute atomic E-state index is 13.6. The van der Waals surface area contributed by atoms with E-state index >= 15 is 0 Å². The Morgan fingerprint density at radius 3 is 2.40 bits per heavy atom. The molecular formula is C13H16F2N2O3. The summed E-state index contributed by atoms with van der Waals surface area (Å²) in [5.41, 5.74) is -1.52. The minimum Gasteiger partial charge on any atom is -0.352 e. The minimum absolute atomic E-state index is 0.255. The molecule has 1 amide bonds. The molecule has 0 aliphatic rings. The van der Waals surface area contributed by atoms with Crippen molar-refractivity contribution in [2.24, 2.45) is 5.92 Å². The van der Waals surface area contributed by atoms with E-state index in [1.165, 1.54) is 0 Å². The summed E-state index contributed by atoms with van der Waals surface area (Å²) in [7, 11) is 0. The Kier molecular flexibility index (Phi) is 5.54. The lowest BCUT2D eigenvalue weighted by molar-refractivity contribution is -0.387. The third kappa shape index (κ3) is 3.72. The van der Waals surface area contributed by atoms with Gasteiger partial charge in [-0.2, -0.15) is 4.39 Å². The molecule has 0 spiro atoms. The lowest BCUT2D eigenvalue weighted by Crippen LogP contribution is -2.29. The smallest absolute Gasteiger partial charge is 0.307 e. The highest BCUT2D eigenvalue weighted by Gasteiger charge is 2.22. The molecule has 0 aliphatic heterocycles. The number of benzene rings is 1. The Morgan fingerprint density at radius 1 is 1.30 bits per heavy atom. The highest BCUT2D eigenvalue weighted by Crippen LogP contribution is 2.21. The monoisotopic (exact) mass is 286 g/mol. The standard InChI is InChI=1S/C13H16F2N2O3/c1-3-8(4-2)7-16-13(18)9-5-11(15)12(17(19)20)6-10(9)14/h5-6,8H,3-4,7H2,1-2H3,(H,16,18). The Bertz CT molecular complexity index is 517. The van der Waals surface area contributed by atoms with E-state index in [1.54, 1.807) is 0 Å². The Hall–Kier alpha value is -2.05. The molecule has 1 aromatic rings. The van der Waals surface area contributed by atoms with Crippen LogP contribution in [-0.4, -0.2) is 17.4 Å². The van der Waals surface area contributed by atoms with E-state index in [0.29, 0.717) is 18.7 Å². The zero-order valence-electron chi connectivity index (χ0n) is 11.3. The van der Waals surface area contributed by atoms with Gasteiger partial charge in [-0.1, -0.05) is 26.7 Å². The van der Waals surface area contributed by atoms with Crippen molar-refractivity contribution in [3.8, 4) is 0 Å². The highest BCUT2D eigenvalue weighted by molar-refractivity contribution is 5.94. The second-order valence-electron chi connectivity index (χ2n) is 4.43. The van der Waals surface area contributed by atoms with Gasteiger partial charge in [0.25, 0.3) is 5.91 Å². The van der Waals surface area contributed by atoms with E-state index in [2.05, 4.69) is 5.32 Å². The van der Waals surface area contributed by atoms with Gasteiger partial charge in [-0.25, -0.2) is 4.39 Å². The van der Waals surface area contributed by atoms with Gasteiger partial charge in [-0.15, -0.1) is 0 Å². The van der Waals surface area contributed by atoms with Crippen LogP contribution in [0.5, 0.6) is 0 Å². The Morgan fingerprint density at radius 2 is 1.90 bits per heavy atom. The van der Waals surface area contributed by atoms with Crippen molar-refractivity contribution in [1.29, 1.82) is 0 Å². The number of nitro benzene ring substituents is 1. The zero-order chi connectivity index (χ0) is 15.3. The van der Waals surface area contributed by atoms with E-state index < -0.39 is 33.7 Å². The number of carbonyl (C=O) groups excluding carboxylic acids is 1. The van der Waals surface area contributed by atoms with Crippen LogP contribution in [0.3, 0.4) is 0 Å². The first-order valence-corrected chi connectivity index (χ1v) is 6.32. The van der Waals surface area contributed by atoms with Crippen LogP contribution in [0.4, 0.5) is 14.5 Å². The molecule has 0 saturated heterocycles. The lowest BCUT2D eigenvalue weighted by atomic mass is 10.0. The molecule has 0 unspecified atom stereocenters. The molecule has 110 valence electrons. The number of halogens is 2. The first-order valence-electron chi connectivity index (χ1n) is 6.32. The highest BCUT2D eigenvalue weighted by atomic mass is 19.1. The average molecular weight is 286 g/mol. The van der Waals surface area contributed by atoms with Crippen molar-refractivity contribution in [2.45, 2.75) is 26.7 Å². The van der Waals surface area contributed by atoms with Crippen LogP contribution in [0, 0.1) is 27.7 Å². The van der Waals surface area contributed by atoms with Crippen molar-refractivity contribution in [1.82, 2.24) is 5.32 Å². The molecule has 0 saturated carbocycles. The maximum atomic E-state index is 13.6. The Labute approximate surface area is 115 Å². The number of hydrogen-bond donors (Lipinski definition) is 1. The van der Waals surface area contributed by atoms with Crippen LogP contribution in [0.2, 0.25) is 0 Å². The summed E-state index contributed by atoms with van der Waals surface area (Å²) < 4.78 is 27.0. The number of nitrogens with one attached hydrogen (secondary N) is 1. The van der Waals surface area contributed by atoms with Gasteiger partial charge in [0.05, 0.1) is 16.6 Å². The molecule has 1 N–H and O–H groups in total. The summed E-state index contributed by atoms with van der Waals surface area (Å²) in [5, 5.41) is 12.9. The normalized spacial score (nSPS) is 10.7. The third-order valence-corrected chi connectivity index (χ3v) is 3.18. The second-order valence-corrected chi connectivity index (χ2v) is 4.43. The fourth-order valence-corrected chi connectivity index (χ4v) is 1.76. The minimum atomic E-state index is -1.23. The number of nitrogens with zero attached hydrogens (tertiary/aromatic N) is 1. The van der Waals surface area contributed by atoms with Gasteiger partial charge in [-0.3, -0.25) is 14.9 Å². The molecule has 0 aromatic heterocycles. The molecule has 1 rings (SSSR count). The van der Waals surface area contributed by atoms with Gasteiger partial charge in [0.15, 0.2) is 0 Å². The van der Waals surface area contributed by atoms with E-state index in [0.717, 1.165) is 12.8 Å². The maximum Gasteiger partial charge on any atom is 0.307 e. The third-order valence-electron chi connectivity index (χ3n) is 3.18. The summed E-state index contributed by atoms with van der Waals surface area (Å²) in [6.07, 6.45) is 1.71. The van der Waals surface area contributed by atoms with Crippen LogP contribution in [0.25, 0.3) is 0 Å². The number of carbonyl (C=O) groups is 1. The van der Waals surface area contributed by atoms with Gasteiger partial charge in [0.1, 0.15) is 5.82 Å². The van der Waals surface area contributed by atoms with Crippen LogP contribution in [0.15, 0.2) is 12.1 Å². The molecule has 5 nitrogen and oxygen atoms in total. The van der Waals surface area contributed by atoms with Crippen molar-refractivity contribution in [3.63, 3.8) is 0 Å². The van der Waals surface area contributed by atoms with Crippen LogP contribution in [0.1, 0.15) is 37.0 Å². The van der Waals surface area contributed by atoms with Crippen LogP contribution in [-0.2, 0) is 0 Å². The van der Waals surface area contributed by atoms with Crippen LogP contribution < -0.4 is 5.32 Å². The number of amides is 1. The van der Waals surface area contributed by atoms with Gasteiger partial charge in [-0.05, 0) is 12.0 Å². The fourth-order valence-electron chi connectivity index (χ4n) is 1.76. The molecule has 0 fully saturated rings. The Balaban J connectivity index is 2.89. The van der Waals surface area contributed by atoms with Gasteiger partial charge in [0.2, 0.25) is 5.82 Å². The van der Waals surface area contributed by atoms with Gasteiger partial charge >= 0.3 is 5.69 Å². The summed E-state index contributed by atoms with van der Waals surface area (Å²) in [5.74, 6) is -2.86. The molecule has 0 radical (unpaired) electrons. The van der Waals surface area contributed by atoms with Crippen molar-refractivity contribution in [3.05, 3.63) is 39.4 Å². The van der Waals surface area contributed by atoms with E-state index in [-0.39, 0.29) is 5.92 Å². The molecule has 20 heavy (non-hydrogen) atoms. The number of rotatable bonds is 6. The summed E-state index contributed by atoms with van der Waals surface area (Å²) in [6.45, 7) is 4.28. The summed E-state index contributed by atoms with van der Waals surface area (Å²) in [4.78, 5) is 21.2. The second kappa shape index (κ2) is 6.93. The zero-order valence-corrected chi connectivity index (χ0v) is 11.3. The van der Waals surface area contributed by atoms with E-state index in [4.69, 9.17) is 0 Å². The quantitative estimate of drug-likeness (QED) is 0.645. The lowest BCUT2D eigenvalue weighted by Gasteiger charge is -2.13. The number of nitro groups is 1. The predicted molar refractivity (Wildman–Crippen MR) is 69.4 cm³/mol. The number of hydrogen-bond acceptors (Lipinski definition) is 3. The van der Waals surface area contributed by atoms with E-state index in [9.17, 15) is 23.7 Å². The topological polar surface area (TPSA) is 72.2 Å². The largest absolute Gasteiger partial charge is 0.352 e. The first-order chi connectivity index (χ1) is 9.40. The van der Waals surface area contributed by atoms with Crippen molar-refractivity contribution >= 4 is 11.6 Å². The van der Waals surface area contributed by atoms with Crippen molar-refractivity contribution in [2.75, 3.05) is 6.54 Å².